The molecule has 1 amide bonds. The van der Waals surface area contributed by atoms with Gasteiger partial charge in [-0.2, -0.15) is 0 Å². The molecule has 0 radical (unpaired) electrons. The summed E-state index contributed by atoms with van der Waals surface area (Å²) in [5.41, 5.74) is 6.05. The van der Waals surface area contributed by atoms with Crippen molar-refractivity contribution in [3.8, 4) is 5.75 Å². The fraction of sp³-hybridized carbons (Fsp3) is 0.222. The lowest BCUT2D eigenvalue weighted by Gasteiger charge is -2.08. The molecule has 14 heavy (non-hydrogen) atoms. The number of ether oxygens (including phenoxy) is 1. The zero-order valence-corrected chi connectivity index (χ0v) is 9.30. The fourth-order valence-electron chi connectivity index (χ4n) is 0.906. The van der Waals surface area contributed by atoms with E-state index < -0.39 is 6.09 Å². The zero-order chi connectivity index (χ0) is 10.6. The minimum Gasteiger partial charge on any atom is -0.407 e. The molecular weight excluding hydrogens is 248 g/mol. The third-order valence-corrected chi connectivity index (χ3v) is 2.14. The number of carbonyl (C=O) groups excluding carboxylic acids is 1. The molecular formula is C9H11BrN2O2. The molecule has 76 valence electrons. The van der Waals surface area contributed by atoms with Gasteiger partial charge in [-0.1, -0.05) is 6.07 Å². The molecule has 0 aliphatic carbocycles. The van der Waals surface area contributed by atoms with Gasteiger partial charge in [0.2, 0.25) is 0 Å². The fourth-order valence-corrected chi connectivity index (χ4v) is 1.37. The number of nitrogens with two attached hydrogens (primary N) is 1. The van der Waals surface area contributed by atoms with Gasteiger partial charge < -0.3 is 15.8 Å². The molecule has 0 unspecified atom stereocenters. The lowest BCUT2D eigenvalue weighted by atomic mass is 10.3. The number of halogens is 1. The predicted octanol–water partition coefficient (Wildman–Crippen LogP) is 2.14. The Labute approximate surface area is 90.6 Å². The molecule has 0 atom stereocenters. The van der Waals surface area contributed by atoms with Gasteiger partial charge >= 0.3 is 6.09 Å². The van der Waals surface area contributed by atoms with Gasteiger partial charge in [0.15, 0.2) is 5.75 Å². The van der Waals surface area contributed by atoms with Gasteiger partial charge in [-0.15, -0.1) is 0 Å². The van der Waals surface area contributed by atoms with Crippen LogP contribution in [0.3, 0.4) is 0 Å². The van der Waals surface area contributed by atoms with E-state index in [1.807, 2.05) is 6.92 Å². The average molecular weight is 259 g/mol. The normalized spacial score (nSPS) is 9.57. The third-order valence-electron chi connectivity index (χ3n) is 1.51. The maximum Gasteiger partial charge on any atom is 0.412 e. The Morgan fingerprint density at radius 3 is 2.93 bits per heavy atom. The first-order chi connectivity index (χ1) is 6.65. The van der Waals surface area contributed by atoms with Crippen molar-refractivity contribution < 1.29 is 9.53 Å². The molecule has 0 aliphatic heterocycles. The molecule has 1 aromatic rings. The van der Waals surface area contributed by atoms with Crippen LogP contribution < -0.4 is 15.8 Å². The number of nitrogens with one attached hydrogen (secondary N) is 1. The number of nitrogen functional groups attached to an aromatic ring is 1. The van der Waals surface area contributed by atoms with E-state index in [-0.39, 0.29) is 0 Å². The summed E-state index contributed by atoms with van der Waals surface area (Å²) in [5.74, 6) is 0.346. The number of benzene rings is 1. The van der Waals surface area contributed by atoms with Crippen LogP contribution in [0, 0.1) is 0 Å². The summed E-state index contributed by atoms with van der Waals surface area (Å²) < 4.78 is 5.65. The Kier molecular flexibility index (Phi) is 3.76. The van der Waals surface area contributed by atoms with E-state index >= 15 is 0 Å². The van der Waals surface area contributed by atoms with Crippen molar-refractivity contribution in [2.45, 2.75) is 6.92 Å². The van der Waals surface area contributed by atoms with Crippen molar-refractivity contribution in [2.75, 3.05) is 12.3 Å². The van der Waals surface area contributed by atoms with Crippen molar-refractivity contribution in [3.05, 3.63) is 22.7 Å². The molecule has 4 nitrogen and oxygen atoms in total. The van der Waals surface area contributed by atoms with Crippen LogP contribution >= 0.6 is 15.9 Å². The molecule has 5 heteroatoms. The first-order valence-electron chi connectivity index (χ1n) is 4.14. The number of anilines is 1. The van der Waals surface area contributed by atoms with Crippen molar-refractivity contribution >= 4 is 27.7 Å². The van der Waals surface area contributed by atoms with Crippen LogP contribution in [0.1, 0.15) is 6.92 Å². The van der Waals surface area contributed by atoms with Gasteiger partial charge in [0.1, 0.15) is 0 Å². The summed E-state index contributed by atoms with van der Waals surface area (Å²) in [7, 11) is 0. The van der Waals surface area contributed by atoms with Crippen LogP contribution in [-0.4, -0.2) is 12.6 Å². The molecule has 3 N–H and O–H groups in total. The number of carbonyl (C=O) groups is 1. The van der Waals surface area contributed by atoms with Crippen LogP contribution in [0.2, 0.25) is 0 Å². The zero-order valence-electron chi connectivity index (χ0n) is 7.71. The van der Waals surface area contributed by atoms with Crippen molar-refractivity contribution in [1.82, 2.24) is 5.32 Å². The molecule has 0 heterocycles. The van der Waals surface area contributed by atoms with Gasteiger partial charge in [-0.3, -0.25) is 0 Å². The second-order valence-corrected chi connectivity index (χ2v) is 3.43. The molecule has 0 saturated heterocycles. The first kappa shape index (κ1) is 10.8. The number of amides is 1. The summed E-state index contributed by atoms with van der Waals surface area (Å²) >= 11 is 3.24. The van der Waals surface area contributed by atoms with Crippen molar-refractivity contribution in [3.63, 3.8) is 0 Å². The lowest BCUT2D eigenvalue weighted by molar-refractivity contribution is 0.201. The Morgan fingerprint density at radius 1 is 1.64 bits per heavy atom. The third kappa shape index (κ3) is 2.63. The highest BCUT2D eigenvalue weighted by atomic mass is 79.9. The Bertz CT molecular complexity index is 321. The van der Waals surface area contributed by atoms with Crippen molar-refractivity contribution in [1.29, 1.82) is 0 Å². The van der Waals surface area contributed by atoms with Crippen LogP contribution in [-0.2, 0) is 0 Å². The van der Waals surface area contributed by atoms with Gasteiger partial charge in [0, 0.05) is 6.54 Å². The van der Waals surface area contributed by atoms with E-state index in [9.17, 15) is 4.79 Å². The smallest absolute Gasteiger partial charge is 0.407 e. The molecule has 0 spiro atoms. The minimum absolute atomic E-state index is 0.346. The van der Waals surface area contributed by atoms with E-state index in [1.165, 1.54) is 0 Å². The molecule has 0 fully saturated rings. The number of hydrogen-bond acceptors (Lipinski definition) is 3. The predicted molar refractivity (Wildman–Crippen MR) is 58.3 cm³/mol. The minimum atomic E-state index is -0.508. The number of rotatable bonds is 2. The molecule has 0 aliphatic rings. The van der Waals surface area contributed by atoms with Gasteiger partial charge in [-0.25, -0.2) is 4.79 Å². The van der Waals surface area contributed by atoms with E-state index in [2.05, 4.69) is 21.2 Å². The van der Waals surface area contributed by atoms with Crippen LogP contribution in [0.15, 0.2) is 22.7 Å². The van der Waals surface area contributed by atoms with Crippen LogP contribution in [0.25, 0.3) is 0 Å². The highest BCUT2D eigenvalue weighted by molar-refractivity contribution is 9.10. The number of hydrogen-bond donors (Lipinski definition) is 2. The van der Waals surface area contributed by atoms with E-state index in [1.54, 1.807) is 18.2 Å². The molecule has 0 bridgehead atoms. The summed E-state index contributed by atoms with van der Waals surface area (Å²) in [5, 5.41) is 2.51. The second-order valence-electron chi connectivity index (χ2n) is 2.58. The molecule has 0 saturated carbocycles. The van der Waals surface area contributed by atoms with E-state index in [4.69, 9.17) is 10.5 Å². The summed E-state index contributed by atoms with van der Waals surface area (Å²) in [4.78, 5) is 11.1. The van der Waals surface area contributed by atoms with Gasteiger partial charge in [-0.05, 0) is 35.0 Å². The standard InChI is InChI=1S/C9H11BrN2O2/c1-2-12-9(13)14-8-6(10)4-3-5-7(8)11/h3-5H,2,11H2,1H3,(H,12,13). The van der Waals surface area contributed by atoms with Crippen LogP contribution in [0.4, 0.5) is 10.5 Å². The highest BCUT2D eigenvalue weighted by Gasteiger charge is 2.09. The molecule has 0 aromatic heterocycles. The Morgan fingerprint density at radius 2 is 2.36 bits per heavy atom. The molecule has 1 rings (SSSR count). The summed E-state index contributed by atoms with van der Waals surface area (Å²) in [6.07, 6.45) is -0.508. The van der Waals surface area contributed by atoms with E-state index in [0.717, 1.165) is 0 Å². The molecule has 1 aromatic carbocycles. The second kappa shape index (κ2) is 4.85. The maximum absolute atomic E-state index is 11.1. The largest absolute Gasteiger partial charge is 0.412 e. The SMILES string of the molecule is CCNC(=O)Oc1c(N)cccc1Br. The highest BCUT2D eigenvalue weighted by Crippen LogP contribution is 2.30. The first-order valence-corrected chi connectivity index (χ1v) is 4.94. The maximum atomic E-state index is 11.1. The summed E-state index contributed by atoms with van der Waals surface area (Å²) in [6, 6.07) is 5.19. The van der Waals surface area contributed by atoms with Gasteiger partial charge in [0.25, 0.3) is 0 Å². The Hall–Kier alpha value is -1.23. The van der Waals surface area contributed by atoms with Crippen LogP contribution in [0.5, 0.6) is 5.75 Å². The topological polar surface area (TPSA) is 64.3 Å². The van der Waals surface area contributed by atoms with E-state index in [0.29, 0.717) is 22.5 Å². The lowest BCUT2D eigenvalue weighted by Crippen LogP contribution is -2.26. The Balaban J connectivity index is 2.80. The van der Waals surface area contributed by atoms with Gasteiger partial charge in [0.05, 0.1) is 10.2 Å². The summed E-state index contributed by atoms with van der Waals surface area (Å²) in [6.45, 7) is 2.33. The number of para-hydroxylation sites is 1. The van der Waals surface area contributed by atoms with Crippen molar-refractivity contribution in [2.24, 2.45) is 0 Å². The quantitative estimate of drug-likeness (QED) is 0.800. The monoisotopic (exact) mass is 258 g/mol. The average Bonchev–Trinajstić information content (AvgIpc) is 2.12.